The number of rotatable bonds is 7. The normalized spacial score (nSPS) is 10.2. The molecule has 6 heteroatoms. The van der Waals surface area contributed by atoms with Gasteiger partial charge in [0.15, 0.2) is 11.5 Å². The number of nitriles is 1. The molecule has 0 radical (unpaired) electrons. The van der Waals surface area contributed by atoms with Crippen molar-refractivity contribution in [1.82, 2.24) is 0 Å². The Balaban J connectivity index is 2.04. The van der Waals surface area contributed by atoms with Gasteiger partial charge in [0.25, 0.3) is 0 Å². The summed E-state index contributed by atoms with van der Waals surface area (Å²) in [5.74, 6) is 0.994. The van der Waals surface area contributed by atoms with Gasteiger partial charge in [0.2, 0.25) is 5.75 Å². The molecule has 0 bridgehead atoms. The second-order valence-electron chi connectivity index (χ2n) is 5.21. The van der Waals surface area contributed by atoms with Crippen molar-refractivity contribution in [3.8, 4) is 23.3 Å². The van der Waals surface area contributed by atoms with Crippen LogP contribution in [-0.4, -0.2) is 27.3 Å². The van der Waals surface area contributed by atoms with E-state index in [0.29, 0.717) is 28.4 Å². The Morgan fingerprint density at radius 3 is 2.15 bits per heavy atom. The van der Waals surface area contributed by atoms with Gasteiger partial charge in [-0.2, -0.15) is 5.26 Å². The first-order valence-electron chi connectivity index (χ1n) is 7.75. The molecule has 2 aromatic rings. The van der Waals surface area contributed by atoms with Crippen molar-refractivity contribution < 1.29 is 23.7 Å². The predicted octanol–water partition coefficient (Wildman–Crippen LogP) is 3.34. The van der Waals surface area contributed by atoms with Crippen molar-refractivity contribution in [1.29, 1.82) is 5.26 Å². The molecular weight excluding hydrogens is 334 g/mol. The van der Waals surface area contributed by atoms with Crippen LogP contribution in [0.3, 0.4) is 0 Å². The van der Waals surface area contributed by atoms with Crippen LogP contribution in [0, 0.1) is 11.3 Å². The minimum absolute atomic E-state index is 0.129. The molecule has 0 saturated carbocycles. The molecule has 0 saturated heterocycles. The van der Waals surface area contributed by atoms with Crippen molar-refractivity contribution in [2.75, 3.05) is 21.3 Å². The molecule has 0 aromatic heterocycles. The van der Waals surface area contributed by atoms with Crippen molar-refractivity contribution in [2.24, 2.45) is 0 Å². The number of ether oxygens (including phenoxy) is 4. The summed E-state index contributed by atoms with van der Waals surface area (Å²) in [5.41, 5.74) is 2.07. The van der Waals surface area contributed by atoms with Crippen molar-refractivity contribution >= 4 is 12.0 Å². The number of esters is 1. The number of carbonyl (C=O) groups is 1. The maximum absolute atomic E-state index is 11.9. The highest BCUT2D eigenvalue weighted by Crippen LogP contribution is 2.38. The third-order valence-electron chi connectivity index (χ3n) is 3.56. The first kappa shape index (κ1) is 18.9. The Hall–Kier alpha value is -3.46. The van der Waals surface area contributed by atoms with Crippen LogP contribution in [0.1, 0.15) is 16.7 Å². The first-order valence-corrected chi connectivity index (χ1v) is 7.75. The van der Waals surface area contributed by atoms with E-state index in [1.165, 1.54) is 27.4 Å². The Morgan fingerprint density at radius 1 is 1.04 bits per heavy atom. The molecule has 0 atom stereocenters. The predicted molar refractivity (Wildman–Crippen MR) is 96.1 cm³/mol. The lowest BCUT2D eigenvalue weighted by Crippen LogP contribution is -2.01. The maximum Gasteiger partial charge on any atom is 0.331 e. The van der Waals surface area contributed by atoms with Gasteiger partial charge in [-0.05, 0) is 41.5 Å². The van der Waals surface area contributed by atoms with E-state index >= 15 is 0 Å². The molecule has 0 aliphatic rings. The zero-order valence-corrected chi connectivity index (χ0v) is 14.8. The van der Waals surface area contributed by atoms with Crippen LogP contribution in [0.15, 0.2) is 42.5 Å². The average Bonchev–Trinajstić information content (AvgIpc) is 2.69. The third kappa shape index (κ3) is 4.77. The minimum atomic E-state index is -0.483. The molecular formula is C20H19NO5. The van der Waals surface area contributed by atoms with E-state index in [-0.39, 0.29) is 6.61 Å². The number of hydrogen-bond acceptors (Lipinski definition) is 6. The number of benzene rings is 2. The summed E-state index contributed by atoms with van der Waals surface area (Å²) in [6.07, 6.45) is 2.93. The Kier molecular flexibility index (Phi) is 6.63. The quantitative estimate of drug-likeness (QED) is 0.561. The molecule has 0 heterocycles. The van der Waals surface area contributed by atoms with Crippen LogP contribution in [0.4, 0.5) is 0 Å². The second kappa shape index (κ2) is 9.14. The molecule has 0 unspecified atom stereocenters. The highest BCUT2D eigenvalue weighted by Gasteiger charge is 2.12. The molecule has 0 aliphatic carbocycles. The molecule has 2 rings (SSSR count). The highest BCUT2D eigenvalue weighted by molar-refractivity contribution is 5.87. The summed E-state index contributed by atoms with van der Waals surface area (Å²) in [7, 11) is 4.57. The molecule has 0 amide bonds. The van der Waals surface area contributed by atoms with Crippen LogP contribution in [0.5, 0.6) is 17.2 Å². The lowest BCUT2D eigenvalue weighted by Gasteiger charge is -2.12. The van der Waals surface area contributed by atoms with Gasteiger partial charge in [-0.15, -0.1) is 0 Å². The average molecular weight is 353 g/mol. The number of carbonyl (C=O) groups excluding carboxylic acids is 1. The Morgan fingerprint density at radius 2 is 1.65 bits per heavy atom. The number of hydrogen-bond donors (Lipinski definition) is 0. The van der Waals surface area contributed by atoms with E-state index in [2.05, 4.69) is 0 Å². The molecule has 6 nitrogen and oxygen atoms in total. The van der Waals surface area contributed by atoms with Gasteiger partial charge >= 0.3 is 5.97 Å². The fourth-order valence-corrected chi connectivity index (χ4v) is 2.24. The Labute approximate surface area is 152 Å². The highest BCUT2D eigenvalue weighted by atomic mass is 16.5. The summed E-state index contributed by atoms with van der Waals surface area (Å²) in [6, 6.07) is 12.3. The molecule has 0 fully saturated rings. The first-order chi connectivity index (χ1) is 12.6. The van der Waals surface area contributed by atoms with Gasteiger partial charge in [0, 0.05) is 6.08 Å². The topological polar surface area (TPSA) is 77.8 Å². The zero-order valence-electron chi connectivity index (χ0n) is 14.8. The summed E-state index contributed by atoms with van der Waals surface area (Å²) < 4.78 is 21.0. The molecule has 0 aliphatic heterocycles. The van der Waals surface area contributed by atoms with E-state index in [9.17, 15) is 4.79 Å². The van der Waals surface area contributed by atoms with Crippen LogP contribution < -0.4 is 14.2 Å². The largest absolute Gasteiger partial charge is 0.493 e. The van der Waals surface area contributed by atoms with Crippen LogP contribution in [-0.2, 0) is 16.1 Å². The molecule has 0 N–H and O–H groups in total. The SMILES string of the molecule is COc1cc(C=CC(=O)OCc2ccc(C#N)cc2)cc(OC)c1OC. The van der Waals surface area contributed by atoms with Crippen molar-refractivity contribution in [2.45, 2.75) is 6.61 Å². The van der Waals surface area contributed by atoms with E-state index in [1.54, 1.807) is 42.5 Å². The second-order valence-corrected chi connectivity index (χ2v) is 5.21. The van der Waals surface area contributed by atoms with Crippen LogP contribution >= 0.6 is 0 Å². The summed E-state index contributed by atoms with van der Waals surface area (Å²) in [6.45, 7) is 0.129. The fourth-order valence-electron chi connectivity index (χ4n) is 2.24. The number of methoxy groups -OCH3 is 3. The van der Waals surface area contributed by atoms with E-state index < -0.39 is 5.97 Å². The fraction of sp³-hybridized carbons (Fsp3) is 0.200. The third-order valence-corrected chi connectivity index (χ3v) is 3.56. The van der Waals surface area contributed by atoms with E-state index in [1.807, 2.05) is 6.07 Å². The summed E-state index contributed by atoms with van der Waals surface area (Å²) in [4.78, 5) is 11.9. The van der Waals surface area contributed by atoms with Gasteiger partial charge in [-0.1, -0.05) is 12.1 Å². The van der Waals surface area contributed by atoms with Crippen molar-refractivity contribution in [3.63, 3.8) is 0 Å². The monoisotopic (exact) mass is 353 g/mol. The molecule has 0 spiro atoms. The minimum Gasteiger partial charge on any atom is -0.493 e. The van der Waals surface area contributed by atoms with Gasteiger partial charge in [0.1, 0.15) is 6.61 Å². The molecule has 2 aromatic carbocycles. The van der Waals surface area contributed by atoms with Crippen LogP contribution in [0.25, 0.3) is 6.08 Å². The lowest BCUT2D eigenvalue weighted by molar-refractivity contribution is -0.138. The van der Waals surface area contributed by atoms with E-state index in [0.717, 1.165) is 5.56 Å². The summed E-state index contributed by atoms with van der Waals surface area (Å²) in [5, 5.41) is 8.76. The smallest absolute Gasteiger partial charge is 0.331 e. The van der Waals surface area contributed by atoms with Gasteiger partial charge in [0.05, 0.1) is 33.0 Å². The van der Waals surface area contributed by atoms with Crippen LogP contribution in [0.2, 0.25) is 0 Å². The van der Waals surface area contributed by atoms with Gasteiger partial charge in [-0.3, -0.25) is 0 Å². The van der Waals surface area contributed by atoms with Gasteiger partial charge < -0.3 is 18.9 Å². The van der Waals surface area contributed by atoms with Gasteiger partial charge in [-0.25, -0.2) is 4.79 Å². The standard InChI is InChI=1S/C20H19NO5/c1-23-17-10-16(11-18(24-2)20(17)25-3)8-9-19(22)26-13-15-6-4-14(12-21)5-7-15/h4-11H,13H2,1-3H3. The molecule has 134 valence electrons. The van der Waals surface area contributed by atoms with E-state index in [4.69, 9.17) is 24.2 Å². The summed E-state index contributed by atoms with van der Waals surface area (Å²) >= 11 is 0. The van der Waals surface area contributed by atoms with Crippen molar-refractivity contribution in [3.05, 3.63) is 59.2 Å². The Bertz CT molecular complexity index is 809. The molecule has 26 heavy (non-hydrogen) atoms. The zero-order chi connectivity index (χ0) is 18.9. The maximum atomic E-state index is 11.9. The number of nitrogens with zero attached hydrogens (tertiary/aromatic N) is 1. The lowest BCUT2D eigenvalue weighted by atomic mass is 10.1.